The van der Waals surface area contributed by atoms with E-state index in [9.17, 15) is 0 Å². The summed E-state index contributed by atoms with van der Waals surface area (Å²) in [5.74, 6) is 1.16. The summed E-state index contributed by atoms with van der Waals surface area (Å²) >= 11 is 1.87. The molecular weight excluding hydrogens is 226 g/mol. The average Bonchev–Trinajstić information content (AvgIpc) is 2.28. The fourth-order valence-corrected chi connectivity index (χ4v) is 3.07. The molecule has 0 aliphatic heterocycles. The summed E-state index contributed by atoms with van der Waals surface area (Å²) in [4.78, 5) is -0.174. The van der Waals surface area contributed by atoms with Gasteiger partial charge in [0.2, 0.25) is 0 Å². The van der Waals surface area contributed by atoms with E-state index in [1.165, 1.54) is 38.5 Å². The van der Waals surface area contributed by atoms with Gasteiger partial charge < -0.3 is 5.73 Å². The predicted octanol–water partition coefficient (Wildman–Crippen LogP) is 4.89. The maximum atomic E-state index is 6.30. The van der Waals surface area contributed by atoms with Crippen molar-refractivity contribution >= 4 is 11.8 Å². The first kappa shape index (κ1) is 16.8. The van der Waals surface area contributed by atoms with Crippen LogP contribution in [0.2, 0.25) is 0 Å². The molecule has 0 aromatic carbocycles. The molecule has 17 heavy (non-hydrogen) atoms. The van der Waals surface area contributed by atoms with Gasteiger partial charge in [-0.3, -0.25) is 0 Å². The minimum absolute atomic E-state index is 0.174. The maximum Gasteiger partial charge on any atom is 0.0689 e. The van der Waals surface area contributed by atoms with E-state index >= 15 is 0 Å². The molecule has 0 radical (unpaired) electrons. The number of unbranched alkanes of at least 4 members (excludes halogenated alkanes) is 5. The first-order chi connectivity index (χ1) is 8.18. The van der Waals surface area contributed by atoms with Gasteiger partial charge in [-0.1, -0.05) is 51.2 Å². The molecule has 0 heterocycles. The Morgan fingerprint density at radius 2 is 1.53 bits per heavy atom. The van der Waals surface area contributed by atoms with Crippen LogP contribution in [0.3, 0.4) is 0 Å². The second kappa shape index (κ2) is 10.9. The summed E-state index contributed by atoms with van der Waals surface area (Å²) in [5.41, 5.74) is 6.30. The van der Waals surface area contributed by atoms with Crippen molar-refractivity contribution in [3.63, 3.8) is 0 Å². The lowest BCUT2D eigenvalue weighted by Crippen LogP contribution is -2.35. The van der Waals surface area contributed by atoms with Gasteiger partial charge in [0.15, 0.2) is 0 Å². The third kappa shape index (κ3) is 9.49. The molecule has 0 bridgehead atoms. The molecule has 0 amide bonds. The summed E-state index contributed by atoms with van der Waals surface area (Å²) < 4.78 is 0. The third-order valence-corrected chi connectivity index (χ3v) is 4.27. The summed E-state index contributed by atoms with van der Waals surface area (Å²) in [7, 11) is 0. The Labute approximate surface area is 112 Å². The molecule has 0 saturated carbocycles. The van der Waals surface area contributed by atoms with Crippen LogP contribution in [0, 0.1) is 0 Å². The van der Waals surface area contributed by atoms with E-state index in [4.69, 9.17) is 5.73 Å². The van der Waals surface area contributed by atoms with Crippen LogP contribution in [0.1, 0.15) is 58.3 Å². The lowest BCUT2D eigenvalue weighted by molar-refractivity contribution is 0.615. The molecule has 0 aromatic heterocycles. The van der Waals surface area contributed by atoms with E-state index in [0.29, 0.717) is 0 Å². The third-order valence-electron chi connectivity index (χ3n) is 2.87. The Morgan fingerprint density at radius 1 is 1.00 bits per heavy atom. The Bertz CT molecular complexity index is 191. The maximum absolute atomic E-state index is 6.30. The van der Waals surface area contributed by atoms with Gasteiger partial charge in [-0.15, -0.1) is 24.9 Å². The highest BCUT2D eigenvalue weighted by molar-refractivity contribution is 8.00. The first-order valence-corrected chi connectivity index (χ1v) is 7.81. The molecule has 2 heteroatoms. The topological polar surface area (TPSA) is 26.0 Å². The smallest absolute Gasteiger partial charge is 0.0689 e. The zero-order valence-corrected chi connectivity index (χ0v) is 12.2. The number of rotatable bonds is 12. The fraction of sp³-hybridized carbons (Fsp3) is 0.733. The molecule has 0 unspecified atom stereocenters. The van der Waals surface area contributed by atoms with E-state index < -0.39 is 0 Å². The molecule has 0 aliphatic carbocycles. The van der Waals surface area contributed by atoms with Crippen molar-refractivity contribution in [2.75, 3.05) is 5.75 Å². The second-order valence-corrected chi connectivity index (χ2v) is 6.18. The van der Waals surface area contributed by atoms with Crippen molar-refractivity contribution in [3.8, 4) is 0 Å². The van der Waals surface area contributed by atoms with Crippen LogP contribution < -0.4 is 5.73 Å². The van der Waals surface area contributed by atoms with Gasteiger partial charge in [-0.05, 0) is 25.0 Å². The molecule has 0 aliphatic rings. The van der Waals surface area contributed by atoms with E-state index in [1.54, 1.807) is 0 Å². The van der Waals surface area contributed by atoms with Gasteiger partial charge >= 0.3 is 0 Å². The van der Waals surface area contributed by atoms with Crippen molar-refractivity contribution in [1.29, 1.82) is 0 Å². The van der Waals surface area contributed by atoms with Gasteiger partial charge in [0.1, 0.15) is 0 Å². The monoisotopic (exact) mass is 255 g/mol. The van der Waals surface area contributed by atoms with Crippen LogP contribution in [0.25, 0.3) is 0 Å². The molecule has 100 valence electrons. The zero-order chi connectivity index (χ0) is 13.0. The van der Waals surface area contributed by atoms with Gasteiger partial charge in [-0.2, -0.15) is 0 Å². The Morgan fingerprint density at radius 3 is 2.06 bits per heavy atom. The Balaban J connectivity index is 3.60. The molecule has 1 nitrogen and oxygen atoms in total. The van der Waals surface area contributed by atoms with Crippen molar-refractivity contribution in [2.24, 2.45) is 5.73 Å². The molecule has 2 N–H and O–H groups in total. The average molecular weight is 255 g/mol. The van der Waals surface area contributed by atoms with Crippen molar-refractivity contribution < 1.29 is 0 Å². The van der Waals surface area contributed by atoms with Crippen LogP contribution in [0.4, 0.5) is 0 Å². The summed E-state index contributed by atoms with van der Waals surface area (Å²) in [6.45, 7) is 9.81. The number of hydrogen-bond donors (Lipinski definition) is 1. The minimum atomic E-state index is -0.174. The summed E-state index contributed by atoms with van der Waals surface area (Å²) in [6.07, 6.45) is 13.6. The van der Waals surface area contributed by atoms with Crippen LogP contribution >= 0.6 is 11.8 Å². The van der Waals surface area contributed by atoms with Gasteiger partial charge in [0.25, 0.3) is 0 Å². The highest BCUT2D eigenvalue weighted by Gasteiger charge is 2.21. The first-order valence-electron chi connectivity index (χ1n) is 6.83. The lowest BCUT2D eigenvalue weighted by Gasteiger charge is -2.26. The van der Waals surface area contributed by atoms with Crippen LogP contribution in [-0.4, -0.2) is 10.6 Å². The van der Waals surface area contributed by atoms with E-state index in [0.717, 1.165) is 18.6 Å². The van der Waals surface area contributed by atoms with Crippen LogP contribution in [0.5, 0.6) is 0 Å². The summed E-state index contributed by atoms with van der Waals surface area (Å²) in [6, 6.07) is 0. The number of nitrogens with two attached hydrogens (primary N) is 1. The highest BCUT2D eigenvalue weighted by Crippen LogP contribution is 2.29. The van der Waals surface area contributed by atoms with Crippen molar-refractivity contribution in [3.05, 3.63) is 25.3 Å². The Hall–Kier alpha value is -0.210. The van der Waals surface area contributed by atoms with Gasteiger partial charge in [0, 0.05) is 0 Å². The standard InChI is InChI=1S/C15H29NS/c1-4-7-8-9-10-11-14-17-15(16,12-5-2)13-6-3/h5-6H,2-4,7-14,16H2,1H3. The quantitative estimate of drug-likeness (QED) is 0.305. The number of thioether (sulfide) groups is 1. The Kier molecular flexibility index (Phi) is 10.8. The van der Waals surface area contributed by atoms with Gasteiger partial charge in [0.05, 0.1) is 4.87 Å². The largest absolute Gasteiger partial charge is 0.316 e. The van der Waals surface area contributed by atoms with E-state index in [1.807, 2.05) is 23.9 Å². The van der Waals surface area contributed by atoms with Gasteiger partial charge in [-0.25, -0.2) is 0 Å². The van der Waals surface area contributed by atoms with E-state index in [2.05, 4.69) is 20.1 Å². The molecule has 0 saturated heterocycles. The normalized spacial score (nSPS) is 11.4. The second-order valence-electron chi connectivity index (χ2n) is 4.67. The minimum Gasteiger partial charge on any atom is -0.316 e. The lowest BCUT2D eigenvalue weighted by atomic mass is 10.1. The number of hydrogen-bond acceptors (Lipinski definition) is 2. The van der Waals surface area contributed by atoms with Crippen LogP contribution in [0.15, 0.2) is 25.3 Å². The predicted molar refractivity (Wildman–Crippen MR) is 82.4 cm³/mol. The molecule has 0 aromatic rings. The van der Waals surface area contributed by atoms with Crippen molar-refractivity contribution in [1.82, 2.24) is 0 Å². The molecule has 0 spiro atoms. The zero-order valence-electron chi connectivity index (χ0n) is 11.4. The highest BCUT2D eigenvalue weighted by atomic mass is 32.2. The molecule has 0 atom stereocenters. The van der Waals surface area contributed by atoms with E-state index in [-0.39, 0.29) is 4.87 Å². The molecular formula is C15H29NS. The summed E-state index contributed by atoms with van der Waals surface area (Å²) in [5, 5.41) is 0. The van der Waals surface area contributed by atoms with Crippen LogP contribution in [-0.2, 0) is 0 Å². The SMILES string of the molecule is C=CCC(N)(CC=C)SCCCCCCCC. The molecule has 0 fully saturated rings. The van der Waals surface area contributed by atoms with Crippen molar-refractivity contribution in [2.45, 2.75) is 63.2 Å². The fourth-order valence-electron chi connectivity index (χ4n) is 1.85. The molecule has 0 rings (SSSR count).